The molecule has 0 fully saturated rings. The van der Waals surface area contributed by atoms with E-state index in [4.69, 9.17) is 0 Å². The zero-order valence-electron chi connectivity index (χ0n) is 16.7. The number of hydrogen-bond acceptors (Lipinski definition) is 2. The van der Waals surface area contributed by atoms with E-state index >= 15 is 0 Å². The molecule has 3 aromatic carbocycles. The van der Waals surface area contributed by atoms with E-state index in [0.717, 1.165) is 13.1 Å². The third kappa shape index (κ3) is 2.99. The Morgan fingerprint density at radius 3 is 2.00 bits per heavy atom. The number of benzene rings is 3. The topological polar surface area (TPSA) is 6.48 Å². The highest BCUT2D eigenvalue weighted by Crippen LogP contribution is 2.49. The van der Waals surface area contributed by atoms with Crippen LogP contribution in [0, 0.1) is 0 Å². The lowest BCUT2D eigenvalue weighted by Crippen LogP contribution is -2.21. The van der Waals surface area contributed by atoms with Crippen molar-refractivity contribution in [1.82, 2.24) is 0 Å². The second-order valence-corrected chi connectivity index (χ2v) is 7.45. The van der Waals surface area contributed by atoms with Gasteiger partial charge in [0.25, 0.3) is 0 Å². The minimum atomic E-state index is 0.318. The highest BCUT2D eigenvalue weighted by molar-refractivity contribution is 5.83. The lowest BCUT2D eigenvalue weighted by atomic mass is 9.89. The second kappa shape index (κ2) is 7.11. The number of hydrogen-bond donors (Lipinski definition) is 0. The van der Waals surface area contributed by atoms with Gasteiger partial charge in [0, 0.05) is 44.5 Å². The van der Waals surface area contributed by atoms with Crippen molar-refractivity contribution in [1.29, 1.82) is 0 Å². The van der Waals surface area contributed by atoms with E-state index in [9.17, 15) is 0 Å². The number of rotatable bonds is 5. The third-order valence-electron chi connectivity index (χ3n) is 5.78. The summed E-state index contributed by atoms with van der Waals surface area (Å²) in [4.78, 5) is 4.57. The summed E-state index contributed by atoms with van der Waals surface area (Å²) in [6.07, 6.45) is 0. The second-order valence-electron chi connectivity index (χ2n) is 7.45. The molecule has 0 saturated carbocycles. The average Bonchev–Trinajstić information content (AvgIpc) is 3.03. The van der Waals surface area contributed by atoms with Crippen LogP contribution in [0.4, 0.5) is 11.4 Å². The van der Waals surface area contributed by atoms with Crippen LogP contribution in [0.5, 0.6) is 0 Å². The molecule has 0 aromatic heterocycles. The fourth-order valence-corrected chi connectivity index (χ4v) is 4.30. The van der Waals surface area contributed by atoms with E-state index in [2.05, 4.69) is 104 Å². The molecule has 1 aliphatic rings. The maximum atomic E-state index is 2.42. The first-order valence-corrected chi connectivity index (χ1v) is 9.89. The van der Waals surface area contributed by atoms with Crippen LogP contribution in [0.2, 0.25) is 0 Å². The Kier molecular flexibility index (Phi) is 4.65. The van der Waals surface area contributed by atoms with Crippen molar-refractivity contribution < 1.29 is 0 Å². The largest absolute Gasteiger partial charge is 0.378 e. The SMILES string of the molecule is CCN(CC)c1ccc2c(c1)-c1ccccc1C2c1ccc(N(C)C)cc1. The summed E-state index contributed by atoms with van der Waals surface area (Å²) in [6, 6.07) is 24.9. The Morgan fingerprint density at radius 1 is 0.704 bits per heavy atom. The molecule has 1 unspecified atom stereocenters. The van der Waals surface area contributed by atoms with Gasteiger partial charge in [-0.15, -0.1) is 0 Å². The van der Waals surface area contributed by atoms with Gasteiger partial charge in [0.1, 0.15) is 0 Å². The number of nitrogens with zero attached hydrogens (tertiary/aromatic N) is 2. The van der Waals surface area contributed by atoms with E-state index in [-0.39, 0.29) is 0 Å². The molecule has 1 aliphatic carbocycles. The Hall–Kier alpha value is -2.74. The summed E-state index contributed by atoms with van der Waals surface area (Å²) in [5, 5.41) is 0. The molecule has 4 rings (SSSR count). The van der Waals surface area contributed by atoms with Gasteiger partial charge in [-0.2, -0.15) is 0 Å². The number of fused-ring (bicyclic) bond motifs is 3. The lowest BCUT2D eigenvalue weighted by molar-refractivity contribution is 0.866. The molecule has 2 heteroatoms. The average molecular weight is 357 g/mol. The van der Waals surface area contributed by atoms with E-state index in [1.165, 1.54) is 39.2 Å². The molecule has 3 aromatic rings. The van der Waals surface area contributed by atoms with Crippen molar-refractivity contribution in [2.75, 3.05) is 37.0 Å². The summed E-state index contributed by atoms with van der Waals surface area (Å²) < 4.78 is 0. The Balaban J connectivity index is 1.83. The summed E-state index contributed by atoms with van der Waals surface area (Å²) in [5.74, 6) is 0.318. The van der Waals surface area contributed by atoms with Gasteiger partial charge in [-0.3, -0.25) is 0 Å². The first-order chi connectivity index (χ1) is 13.1. The summed E-state index contributed by atoms with van der Waals surface area (Å²) >= 11 is 0. The highest BCUT2D eigenvalue weighted by Gasteiger charge is 2.30. The molecule has 0 aliphatic heterocycles. The van der Waals surface area contributed by atoms with E-state index < -0.39 is 0 Å². The first-order valence-electron chi connectivity index (χ1n) is 9.89. The standard InChI is InChI=1S/C25H28N2/c1-5-27(6-2)20-15-16-23-24(17-20)21-9-7-8-10-22(21)25(23)18-11-13-19(14-12-18)26(3)4/h7-17,25H,5-6H2,1-4H3. The molecule has 2 nitrogen and oxygen atoms in total. The van der Waals surface area contributed by atoms with E-state index in [1.54, 1.807) is 0 Å². The molecule has 0 amide bonds. The van der Waals surface area contributed by atoms with Crippen molar-refractivity contribution >= 4 is 11.4 Å². The molecule has 27 heavy (non-hydrogen) atoms. The Bertz CT molecular complexity index is 937. The zero-order valence-corrected chi connectivity index (χ0v) is 16.7. The molecule has 138 valence electrons. The van der Waals surface area contributed by atoms with Gasteiger partial charge < -0.3 is 9.80 Å². The van der Waals surface area contributed by atoms with Crippen LogP contribution in [-0.4, -0.2) is 27.2 Å². The summed E-state index contributed by atoms with van der Waals surface area (Å²) in [6.45, 7) is 6.51. The fraction of sp³-hybridized carbons (Fsp3) is 0.280. The minimum Gasteiger partial charge on any atom is -0.378 e. The van der Waals surface area contributed by atoms with Crippen LogP contribution in [0.3, 0.4) is 0 Å². The van der Waals surface area contributed by atoms with E-state index in [0.29, 0.717) is 5.92 Å². The van der Waals surface area contributed by atoms with Crippen molar-refractivity contribution in [3.8, 4) is 11.1 Å². The third-order valence-corrected chi connectivity index (χ3v) is 5.78. The molecule has 0 heterocycles. The number of anilines is 2. The maximum Gasteiger partial charge on any atom is 0.0372 e. The normalized spacial score (nSPS) is 14.6. The van der Waals surface area contributed by atoms with Crippen LogP contribution in [0.25, 0.3) is 11.1 Å². The quantitative estimate of drug-likeness (QED) is 0.448. The van der Waals surface area contributed by atoms with Crippen molar-refractivity contribution in [3.63, 3.8) is 0 Å². The summed E-state index contributed by atoms with van der Waals surface area (Å²) in [5.41, 5.74) is 9.52. The van der Waals surface area contributed by atoms with Gasteiger partial charge in [-0.05, 0) is 65.9 Å². The van der Waals surface area contributed by atoms with Crippen LogP contribution in [0.15, 0.2) is 66.7 Å². The predicted octanol–water partition coefficient (Wildman–Crippen LogP) is 5.76. The minimum absolute atomic E-state index is 0.318. The van der Waals surface area contributed by atoms with Gasteiger partial charge in [-0.25, -0.2) is 0 Å². The van der Waals surface area contributed by atoms with Gasteiger partial charge in [0.05, 0.1) is 0 Å². The first kappa shape index (κ1) is 17.7. The Labute approximate surface area is 163 Å². The zero-order chi connectivity index (χ0) is 19.0. The molecule has 0 spiro atoms. The predicted molar refractivity (Wildman–Crippen MR) is 117 cm³/mol. The van der Waals surface area contributed by atoms with Crippen molar-refractivity contribution in [2.45, 2.75) is 19.8 Å². The molecular weight excluding hydrogens is 328 g/mol. The molecule has 0 saturated heterocycles. The lowest BCUT2D eigenvalue weighted by Gasteiger charge is -2.22. The molecule has 1 atom stereocenters. The van der Waals surface area contributed by atoms with Crippen molar-refractivity contribution in [3.05, 3.63) is 83.4 Å². The van der Waals surface area contributed by atoms with Crippen LogP contribution >= 0.6 is 0 Å². The highest BCUT2D eigenvalue weighted by atomic mass is 15.1. The van der Waals surface area contributed by atoms with Gasteiger partial charge in [0.2, 0.25) is 0 Å². The van der Waals surface area contributed by atoms with Crippen molar-refractivity contribution in [2.24, 2.45) is 0 Å². The van der Waals surface area contributed by atoms with Gasteiger partial charge >= 0.3 is 0 Å². The van der Waals surface area contributed by atoms with E-state index in [1.807, 2.05) is 0 Å². The van der Waals surface area contributed by atoms with Crippen LogP contribution in [-0.2, 0) is 0 Å². The maximum absolute atomic E-state index is 2.42. The molecule has 0 bridgehead atoms. The summed E-state index contributed by atoms with van der Waals surface area (Å²) in [7, 11) is 4.17. The van der Waals surface area contributed by atoms with Gasteiger partial charge in [0.15, 0.2) is 0 Å². The molecule has 0 N–H and O–H groups in total. The fourth-order valence-electron chi connectivity index (χ4n) is 4.30. The Morgan fingerprint density at radius 2 is 1.33 bits per heavy atom. The molecule has 0 radical (unpaired) electrons. The van der Waals surface area contributed by atoms with Gasteiger partial charge in [-0.1, -0.05) is 42.5 Å². The van der Waals surface area contributed by atoms with Crippen LogP contribution < -0.4 is 9.80 Å². The van der Waals surface area contributed by atoms with Crippen LogP contribution in [0.1, 0.15) is 36.5 Å². The monoisotopic (exact) mass is 356 g/mol. The smallest absolute Gasteiger partial charge is 0.0372 e. The molecular formula is C25H28N2.